The third kappa shape index (κ3) is 7.73. The maximum atomic E-state index is 11.7. The standard InChI is InChI=1S/C18H36N2O/c1-4-5-6-7-8-9-10-11-12-13-14-17-15-19(2)18(21)20(3)16-17/h17H,4-16H2,1-3H3. The fourth-order valence-corrected chi connectivity index (χ4v) is 3.38. The van der Waals surface area contributed by atoms with Gasteiger partial charge in [0.05, 0.1) is 0 Å². The fraction of sp³-hybridized carbons (Fsp3) is 0.944. The van der Waals surface area contributed by atoms with Gasteiger partial charge in [0.1, 0.15) is 0 Å². The number of hydrogen-bond donors (Lipinski definition) is 0. The van der Waals surface area contributed by atoms with Gasteiger partial charge < -0.3 is 9.80 Å². The van der Waals surface area contributed by atoms with Crippen LogP contribution in [0.3, 0.4) is 0 Å². The minimum atomic E-state index is 0.175. The molecule has 1 heterocycles. The van der Waals surface area contributed by atoms with Gasteiger partial charge in [-0.3, -0.25) is 0 Å². The average Bonchev–Trinajstić information content (AvgIpc) is 2.46. The summed E-state index contributed by atoms with van der Waals surface area (Å²) in [5.74, 6) is 0.673. The highest BCUT2D eigenvalue weighted by Gasteiger charge is 2.26. The number of carbonyl (C=O) groups is 1. The van der Waals surface area contributed by atoms with Gasteiger partial charge in [0.25, 0.3) is 0 Å². The molecule has 1 fully saturated rings. The Balaban J connectivity index is 1.91. The molecule has 1 rings (SSSR count). The number of urea groups is 1. The summed E-state index contributed by atoms with van der Waals surface area (Å²) in [5.41, 5.74) is 0. The lowest BCUT2D eigenvalue weighted by Gasteiger charge is -2.36. The second-order valence-corrected chi connectivity index (χ2v) is 6.88. The predicted octanol–water partition coefficient (Wildman–Crippen LogP) is 4.91. The van der Waals surface area contributed by atoms with Crippen molar-refractivity contribution in [3.63, 3.8) is 0 Å². The Kier molecular flexibility index (Phi) is 9.53. The maximum Gasteiger partial charge on any atom is 0.319 e. The molecular weight excluding hydrogens is 260 g/mol. The molecule has 1 saturated heterocycles. The molecule has 0 atom stereocenters. The Morgan fingerprint density at radius 1 is 0.810 bits per heavy atom. The molecule has 1 aliphatic heterocycles. The van der Waals surface area contributed by atoms with Gasteiger partial charge in [-0.05, 0) is 12.3 Å². The number of nitrogens with zero attached hydrogens (tertiary/aromatic N) is 2. The summed E-state index contributed by atoms with van der Waals surface area (Å²) in [5, 5.41) is 0. The third-order valence-electron chi connectivity index (χ3n) is 4.68. The highest BCUT2D eigenvalue weighted by Crippen LogP contribution is 2.19. The van der Waals surface area contributed by atoms with Crippen molar-refractivity contribution in [2.45, 2.75) is 77.6 Å². The number of carbonyl (C=O) groups excluding carboxylic acids is 1. The molecule has 21 heavy (non-hydrogen) atoms. The smallest absolute Gasteiger partial charge is 0.319 e. The largest absolute Gasteiger partial charge is 0.327 e. The molecule has 3 nitrogen and oxygen atoms in total. The number of hydrogen-bond acceptors (Lipinski definition) is 1. The van der Waals surface area contributed by atoms with Gasteiger partial charge in [-0.2, -0.15) is 0 Å². The first-order valence-corrected chi connectivity index (χ1v) is 9.11. The summed E-state index contributed by atoms with van der Waals surface area (Å²) in [7, 11) is 3.84. The van der Waals surface area contributed by atoms with Gasteiger partial charge in [-0.1, -0.05) is 71.1 Å². The summed E-state index contributed by atoms with van der Waals surface area (Å²) in [6.45, 7) is 4.17. The van der Waals surface area contributed by atoms with E-state index in [1.54, 1.807) is 0 Å². The normalized spacial score (nSPS) is 16.8. The van der Waals surface area contributed by atoms with Crippen LogP contribution in [0.5, 0.6) is 0 Å². The van der Waals surface area contributed by atoms with Crippen LogP contribution in [0, 0.1) is 5.92 Å². The van der Waals surface area contributed by atoms with E-state index in [0.29, 0.717) is 5.92 Å². The zero-order chi connectivity index (χ0) is 15.5. The SMILES string of the molecule is CCCCCCCCCCCCC1CN(C)C(=O)N(C)C1. The molecule has 0 spiro atoms. The van der Waals surface area contributed by atoms with Crippen molar-refractivity contribution >= 4 is 6.03 Å². The summed E-state index contributed by atoms with van der Waals surface area (Å²) in [6.07, 6.45) is 15.2. The number of unbranched alkanes of at least 4 members (excludes halogenated alkanes) is 9. The van der Waals surface area contributed by atoms with E-state index in [-0.39, 0.29) is 6.03 Å². The van der Waals surface area contributed by atoms with E-state index in [0.717, 1.165) is 13.1 Å². The monoisotopic (exact) mass is 296 g/mol. The van der Waals surface area contributed by atoms with Crippen LogP contribution in [-0.2, 0) is 0 Å². The van der Waals surface area contributed by atoms with E-state index in [2.05, 4.69) is 6.92 Å². The Morgan fingerprint density at radius 2 is 1.24 bits per heavy atom. The minimum Gasteiger partial charge on any atom is -0.327 e. The molecule has 0 radical (unpaired) electrons. The molecule has 0 aromatic heterocycles. The van der Waals surface area contributed by atoms with E-state index in [4.69, 9.17) is 0 Å². The Bertz CT molecular complexity index is 266. The van der Waals surface area contributed by atoms with Crippen LogP contribution in [0.1, 0.15) is 77.6 Å². The quantitative estimate of drug-likeness (QED) is 0.497. The maximum absolute atomic E-state index is 11.7. The lowest BCUT2D eigenvalue weighted by atomic mass is 9.97. The van der Waals surface area contributed by atoms with Gasteiger partial charge in [0.2, 0.25) is 0 Å². The zero-order valence-corrected chi connectivity index (χ0v) is 14.6. The first kappa shape index (κ1) is 18.3. The van der Waals surface area contributed by atoms with E-state index >= 15 is 0 Å². The third-order valence-corrected chi connectivity index (χ3v) is 4.68. The average molecular weight is 296 g/mol. The lowest BCUT2D eigenvalue weighted by molar-refractivity contribution is 0.124. The van der Waals surface area contributed by atoms with Crippen molar-refractivity contribution in [3.05, 3.63) is 0 Å². The summed E-state index contributed by atoms with van der Waals surface area (Å²) >= 11 is 0. The molecule has 0 aliphatic carbocycles. The molecule has 0 bridgehead atoms. The zero-order valence-electron chi connectivity index (χ0n) is 14.6. The van der Waals surface area contributed by atoms with Crippen molar-refractivity contribution in [1.29, 1.82) is 0 Å². The molecule has 0 N–H and O–H groups in total. The van der Waals surface area contributed by atoms with Crippen LogP contribution in [0.2, 0.25) is 0 Å². The molecule has 0 aromatic carbocycles. The van der Waals surface area contributed by atoms with Crippen LogP contribution >= 0.6 is 0 Å². The van der Waals surface area contributed by atoms with E-state index in [1.165, 1.54) is 70.6 Å². The first-order valence-electron chi connectivity index (χ1n) is 9.11. The summed E-state index contributed by atoms with van der Waals surface area (Å²) in [4.78, 5) is 15.4. The topological polar surface area (TPSA) is 23.6 Å². The van der Waals surface area contributed by atoms with Gasteiger partial charge in [0, 0.05) is 27.2 Å². The van der Waals surface area contributed by atoms with Gasteiger partial charge in [-0.25, -0.2) is 4.79 Å². The van der Waals surface area contributed by atoms with E-state index in [1.807, 2.05) is 23.9 Å². The van der Waals surface area contributed by atoms with Gasteiger partial charge in [0.15, 0.2) is 0 Å². The molecule has 3 heteroatoms. The van der Waals surface area contributed by atoms with Crippen LogP contribution in [0.15, 0.2) is 0 Å². The Morgan fingerprint density at radius 3 is 1.71 bits per heavy atom. The lowest BCUT2D eigenvalue weighted by Crippen LogP contribution is -2.49. The summed E-state index contributed by atoms with van der Waals surface area (Å²) < 4.78 is 0. The molecule has 124 valence electrons. The highest BCUT2D eigenvalue weighted by molar-refractivity contribution is 5.74. The number of amides is 2. The van der Waals surface area contributed by atoms with Crippen LogP contribution in [0.25, 0.3) is 0 Å². The highest BCUT2D eigenvalue weighted by atomic mass is 16.2. The van der Waals surface area contributed by atoms with Crippen molar-refractivity contribution in [3.8, 4) is 0 Å². The van der Waals surface area contributed by atoms with Crippen molar-refractivity contribution in [2.75, 3.05) is 27.2 Å². The fourth-order valence-electron chi connectivity index (χ4n) is 3.38. The predicted molar refractivity (Wildman–Crippen MR) is 90.6 cm³/mol. The number of rotatable bonds is 11. The molecule has 2 amide bonds. The summed E-state index contributed by atoms with van der Waals surface area (Å²) in [6, 6.07) is 0.175. The Hall–Kier alpha value is -0.730. The van der Waals surface area contributed by atoms with Gasteiger partial charge in [-0.15, -0.1) is 0 Å². The van der Waals surface area contributed by atoms with Gasteiger partial charge >= 0.3 is 6.03 Å². The van der Waals surface area contributed by atoms with Crippen LogP contribution in [0.4, 0.5) is 4.79 Å². The van der Waals surface area contributed by atoms with E-state index < -0.39 is 0 Å². The van der Waals surface area contributed by atoms with Crippen molar-refractivity contribution < 1.29 is 4.79 Å². The molecule has 1 aliphatic rings. The molecule has 0 saturated carbocycles. The molecular formula is C18H36N2O. The minimum absolute atomic E-state index is 0.175. The van der Waals surface area contributed by atoms with Crippen molar-refractivity contribution in [2.24, 2.45) is 5.92 Å². The molecule has 0 unspecified atom stereocenters. The van der Waals surface area contributed by atoms with Crippen LogP contribution < -0.4 is 0 Å². The first-order chi connectivity index (χ1) is 10.1. The van der Waals surface area contributed by atoms with E-state index in [9.17, 15) is 4.79 Å². The van der Waals surface area contributed by atoms with Crippen LogP contribution in [-0.4, -0.2) is 43.0 Å². The second-order valence-electron chi connectivity index (χ2n) is 6.88. The Labute approximate surface area is 132 Å². The second kappa shape index (κ2) is 10.9. The molecule has 0 aromatic rings. The van der Waals surface area contributed by atoms with Crippen molar-refractivity contribution in [1.82, 2.24) is 9.80 Å².